The highest BCUT2D eigenvalue weighted by Crippen LogP contribution is 2.20. The third kappa shape index (κ3) is 7.96. The molecule has 28 heavy (non-hydrogen) atoms. The Morgan fingerprint density at radius 3 is 2.96 bits per heavy atom. The number of nitrogens with one attached hydrogen (secondary N) is 2. The highest BCUT2D eigenvalue weighted by molar-refractivity contribution is 14.0. The van der Waals surface area contributed by atoms with Gasteiger partial charge in [-0.25, -0.2) is 4.98 Å². The number of rotatable bonds is 8. The van der Waals surface area contributed by atoms with Crippen LogP contribution in [0.1, 0.15) is 35.3 Å². The van der Waals surface area contributed by atoms with E-state index in [1.165, 1.54) is 24.3 Å². The highest BCUT2D eigenvalue weighted by Gasteiger charge is 2.20. The lowest BCUT2D eigenvalue weighted by Gasteiger charge is -2.31. The van der Waals surface area contributed by atoms with Crippen molar-refractivity contribution in [2.75, 3.05) is 32.7 Å². The van der Waals surface area contributed by atoms with E-state index in [2.05, 4.69) is 57.3 Å². The summed E-state index contributed by atoms with van der Waals surface area (Å²) in [5.41, 5.74) is 1.16. The summed E-state index contributed by atoms with van der Waals surface area (Å²) in [6.07, 6.45) is 3.49. The third-order valence-corrected chi connectivity index (χ3v) is 6.44. The standard InChI is InChI=1S/C20H31N5S2.HI/c1-3-21-20(22-9-8-18-15-27-16(2)24-18)23-12-17-6-4-10-25(13-17)14-19-7-5-11-26-19;/h5,7,11,15,17H,3-4,6,8-10,12-14H2,1-2H3,(H2,21,22,23);1H. The van der Waals surface area contributed by atoms with Crippen molar-refractivity contribution < 1.29 is 0 Å². The van der Waals surface area contributed by atoms with Crippen molar-refractivity contribution >= 4 is 52.6 Å². The Morgan fingerprint density at radius 2 is 2.25 bits per heavy atom. The Kier molecular flexibility index (Phi) is 10.7. The number of thiazole rings is 1. The topological polar surface area (TPSA) is 52.6 Å². The molecule has 2 N–H and O–H groups in total. The van der Waals surface area contributed by atoms with Crippen LogP contribution in [0.4, 0.5) is 0 Å². The number of nitrogens with zero attached hydrogens (tertiary/aromatic N) is 3. The summed E-state index contributed by atoms with van der Waals surface area (Å²) in [6, 6.07) is 4.39. The Balaban J connectivity index is 0.00000280. The molecular formula is C20H32IN5S2. The molecule has 3 heterocycles. The summed E-state index contributed by atoms with van der Waals surface area (Å²) in [6.45, 7) is 10.3. The first kappa shape index (κ1) is 23.6. The second-order valence-electron chi connectivity index (χ2n) is 7.08. The van der Waals surface area contributed by atoms with Crippen LogP contribution in [0.15, 0.2) is 27.9 Å². The van der Waals surface area contributed by atoms with Crippen LogP contribution < -0.4 is 10.6 Å². The van der Waals surface area contributed by atoms with E-state index >= 15 is 0 Å². The SMILES string of the molecule is CCNC(=NCC1CCCN(Cc2cccs2)C1)NCCc1csc(C)n1.I. The number of thiophene rings is 1. The molecule has 1 aliphatic rings. The first-order valence-corrected chi connectivity index (χ1v) is 11.7. The molecule has 0 saturated carbocycles. The van der Waals surface area contributed by atoms with Crippen LogP contribution in [0.25, 0.3) is 0 Å². The van der Waals surface area contributed by atoms with E-state index in [0.717, 1.165) is 55.8 Å². The second kappa shape index (κ2) is 12.8. The average molecular weight is 534 g/mol. The largest absolute Gasteiger partial charge is 0.357 e. The van der Waals surface area contributed by atoms with Crippen molar-refractivity contribution in [2.45, 2.75) is 39.7 Å². The molecule has 1 aliphatic heterocycles. The summed E-state index contributed by atoms with van der Waals surface area (Å²) in [5, 5.41) is 12.3. The maximum Gasteiger partial charge on any atom is 0.191 e. The van der Waals surface area contributed by atoms with Crippen LogP contribution in [0.2, 0.25) is 0 Å². The number of aromatic nitrogens is 1. The van der Waals surface area contributed by atoms with E-state index in [0.29, 0.717) is 5.92 Å². The fraction of sp³-hybridized carbons (Fsp3) is 0.600. The quantitative estimate of drug-likeness (QED) is 0.304. The molecule has 5 nitrogen and oxygen atoms in total. The number of aliphatic imine (C=N–C) groups is 1. The molecule has 0 bridgehead atoms. The van der Waals surface area contributed by atoms with Gasteiger partial charge in [-0.2, -0.15) is 0 Å². The number of piperidine rings is 1. The molecule has 0 spiro atoms. The van der Waals surface area contributed by atoms with Crippen molar-refractivity contribution in [2.24, 2.45) is 10.9 Å². The number of halogens is 1. The predicted molar refractivity (Wildman–Crippen MR) is 132 cm³/mol. The number of likely N-dealkylation sites (tertiary alicyclic amines) is 1. The fourth-order valence-electron chi connectivity index (χ4n) is 3.46. The highest BCUT2D eigenvalue weighted by atomic mass is 127. The van der Waals surface area contributed by atoms with Gasteiger partial charge >= 0.3 is 0 Å². The molecule has 2 aromatic rings. The molecule has 1 unspecified atom stereocenters. The monoisotopic (exact) mass is 533 g/mol. The zero-order valence-electron chi connectivity index (χ0n) is 16.8. The summed E-state index contributed by atoms with van der Waals surface area (Å²) in [7, 11) is 0. The van der Waals surface area contributed by atoms with E-state index in [-0.39, 0.29) is 24.0 Å². The molecule has 156 valence electrons. The van der Waals surface area contributed by atoms with Crippen molar-refractivity contribution in [3.8, 4) is 0 Å². The minimum absolute atomic E-state index is 0. The number of hydrogen-bond donors (Lipinski definition) is 2. The van der Waals surface area contributed by atoms with Crippen LogP contribution in [0.3, 0.4) is 0 Å². The average Bonchev–Trinajstić information content (AvgIpc) is 3.32. The number of hydrogen-bond acceptors (Lipinski definition) is 5. The van der Waals surface area contributed by atoms with Crippen molar-refractivity contribution in [3.63, 3.8) is 0 Å². The fourth-order valence-corrected chi connectivity index (χ4v) is 4.85. The Labute approximate surface area is 194 Å². The Hall–Kier alpha value is -0.710. The van der Waals surface area contributed by atoms with Gasteiger partial charge in [-0.05, 0) is 50.6 Å². The molecule has 0 amide bonds. The van der Waals surface area contributed by atoms with Gasteiger partial charge in [-0.15, -0.1) is 46.7 Å². The van der Waals surface area contributed by atoms with Crippen LogP contribution in [-0.4, -0.2) is 48.6 Å². The first-order valence-electron chi connectivity index (χ1n) is 9.91. The second-order valence-corrected chi connectivity index (χ2v) is 9.17. The zero-order chi connectivity index (χ0) is 18.9. The van der Waals surface area contributed by atoms with E-state index in [1.54, 1.807) is 11.3 Å². The molecule has 1 atom stereocenters. The third-order valence-electron chi connectivity index (χ3n) is 4.75. The van der Waals surface area contributed by atoms with Gasteiger partial charge in [0, 0.05) is 49.4 Å². The maximum absolute atomic E-state index is 4.86. The van der Waals surface area contributed by atoms with Gasteiger partial charge in [0.15, 0.2) is 5.96 Å². The Morgan fingerprint density at radius 1 is 1.36 bits per heavy atom. The molecule has 1 saturated heterocycles. The van der Waals surface area contributed by atoms with Crippen LogP contribution in [0, 0.1) is 12.8 Å². The lowest BCUT2D eigenvalue weighted by atomic mass is 9.98. The van der Waals surface area contributed by atoms with E-state index < -0.39 is 0 Å². The normalized spacial score (nSPS) is 17.9. The minimum Gasteiger partial charge on any atom is -0.357 e. The van der Waals surface area contributed by atoms with E-state index in [1.807, 2.05) is 11.3 Å². The van der Waals surface area contributed by atoms with Crippen molar-refractivity contribution in [1.29, 1.82) is 0 Å². The van der Waals surface area contributed by atoms with Gasteiger partial charge in [0.05, 0.1) is 10.7 Å². The van der Waals surface area contributed by atoms with Gasteiger partial charge in [0.2, 0.25) is 0 Å². The van der Waals surface area contributed by atoms with Gasteiger partial charge in [0.25, 0.3) is 0 Å². The predicted octanol–water partition coefficient (Wildman–Crippen LogP) is 4.14. The summed E-state index contributed by atoms with van der Waals surface area (Å²) in [5.74, 6) is 1.58. The molecular weight excluding hydrogens is 501 g/mol. The van der Waals surface area contributed by atoms with E-state index in [4.69, 9.17) is 4.99 Å². The maximum atomic E-state index is 4.86. The molecule has 0 aliphatic carbocycles. The van der Waals surface area contributed by atoms with Crippen molar-refractivity contribution in [1.82, 2.24) is 20.5 Å². The Bertz CT molecular complexity index is 701. The molecule has 0 aromatic carbocycles. The number of aryl methyl sites for hydroxylation is 1. The van der Waals surface area contributed by atoms with E-state index in [9.17, 15) is 0 Å². The van der Waals surface area contributed by atoms with Crippen LogP contribution in [-0.2, 0) is 13.0 Å². The lowest BCUT2D eigenvalue weighted by molar-refractivity contribution is 0.172. The van der Waals surface area contributed by atoms with Gasteiger partial charge in [0.1, 0.15) is 0 Å². The van der Waals surface area contributed by atoms with Gasteiger partial charge in [-0.3, -0.25) is 9.89 Å². The zero-order valence-corrected chi connectivity index (χ0v) is 20.8. The van der Waals surface area contributed by atoms with Crippen LogP contribution in [0.5, 0.6) is 0 Å². The van der Waals surface area contributed by atoms with Gasteiger partial charge in [-0.1, -0.05) is 6.07 Å². The summed E-state index contributed by atoms with van der Waals surface area (Å²) in [4.78, 5) is 13.4. The number of guanidine groups is 1. The summed E-state index contributed by atoms with van der Waals surface area (Å²) >= 11 is 3.57. The molecule has 3 rings (SSSR count). The molecule has 2 aromatic heterocycles. The van der Waals surface area contributed by atoms with Crippen LogP contribution >= 0.6 is 46.7 Å². The van der Waals surface area contributed by atoms with Gasteiger partial charge < -0.3 is 10.6 Å². The molecule has 8 heteroatoms. The summed E-state index contributed by atoms with van der Waals surface area (Å²) < 4.78 is 0. The minimum atomic E-state index is 0. The molecule has 0 radical (unpaired) electrons. The first-order chi connectivity index (χ1) is 13.2. The smallest absolute Gasteiger partial charge is 0.191 e. The molecule has 1 fully saturated rings. The lowest BCUT2D eigenvalue weighted by Crippen LogP contribution is -2.40. The van der Waals surface area contributed by atoms with Crippen molar-refractivity contribution in [3.05, 3.63) is 38.5 Å².